The lowest BCUT2D eigenvalue weighted by molar-refractivity contribution is -0.114. The van der Waals surface area contributed by atoms with E-state index in [1.807, 2.05) is 60.7 Å². The van der Waals surface area contributed by atoms with Gasteiger partial charge in [-0.3, -0.25) is 9.69 Å². The van der Waals surface area contributed by atoms with Gasteiger partial charge in [0.15, 0.2) is 17.3 Å². The quantitative estimate of drug-likeness (QED) is 0.555. The van der Waals surface area contributed by atoms with Gasteiger partial charge in [-0.2, -0.15) is 0 Å². The van der Waals surface area contributed by atoms with E-state index < -0.39 is 6.04 Å². The number of ether oxygens (including phenoxy) is 1. The summed E-state index contributed by atoms with van der Waals surface area (Å²) in [6, 6.07) is 23.3. The van der Waals surface area contributed by atoms with Crippen molar-refractivity contribution in [3.8, 4) is 11.5 Å². The fourth-order valence-corrected chi connectivity index (χ4v) is 4.17. The summed E-state index contributed by atoms with van der Waals surface area (Å²) in [6.07, 6.45) is 0.643. The number of phenolic OH excluding ortho intramolecular Hbond substituents is 1. The predicted molar refractivity (Wildman–Crippen MR) is 127 cm³/mol. The van der Waals surface area contributed by atoms with Gasteiger partial charge in [0.05, 0.1) is 18.8 Å². The van der Waals surface area contributed by atoms with Gasteiger partial charge in [0.1, 0.15) is 0 Å². The fourth-order valence-electron chi connectivity index (χ4n) is 4.17. The first-order valence-corrected chi connectivity index (χ1v) is 10.8. The Hall–Kier alpha value is -4.06. The molecule has 6 heteroatoms. The van der Waals surface area contributed by atoms with E-state index in [9.17, 15) is 14.7 Å². The van der Waals surface area contributed by atoms with Crippen molar-refractivity contribution in [3.05, 3.63) is 101 Å². The number of nitrogens with zero attached hydrogens (tertiary/aromatic N) is 1. The smallest absolute Gasteiger partial charge is 0.322 e. The van der Waals surface area contributed by atoms with Crippen LogP contribution in [0.1, 0.15) is 29.7 Å². The summed E-state index contributed by atoms with van der Waals surface area (Å²) in [5.41, 5.74) is 3.54. The number of hydrogen-bond acceptors (Lipinski definition) is 4. The monoisotopic (exact) mass is 442 g/mol. The molecule has 1 aliphatic rings. The van der Waals surface area contributed by atoms with Gasteiger partial charge in [0.25, 0.3) is 0 Å². The van der Waals surface area contributed by atoms with Gasteiger partial charge in [-0.15, -0.1) is 0 Å². The molecule has 3 aromatic rings. The summed E-state index contributed by atoms with van der Waals surface area (Å²) in [4.78, 5) is 28.0. The predicted octanol–water partition coefficient (Wildman–Crippen LogP) is 4.71. The van der Waals surface area contributed by atoms with Crippen LogP contribution in [0.5, 0.6) is 11.5 Å². The van der Waals surface area contributed by atoms with Crippen LogP contribution < -0.4 is 10.1 Å². The maximum Gasteiger partial charge on any atom is 0.322 e. The van der Waals surface area contributed by atoms with Crippen molar-refractivity contribution in [2.24, 2.45) is 0 Å². The Morgan fingerprint density at radius 2 is 1.70 bits per heavy atom. The molecule has 6 nitrogen and oxygen atoms in total. The molecule has 4 rings (SSSR count). The standard InChI is InChI=1S/C27H26N2O4/c1-18(30)24-25(21-13-14-23(33-2)22(31)17-21)28-27(32)29(16-15-19-9-5-3-6-10-19)26(24)20-11-7-4-8-12-20/h3-14,17,25,31H,15-16H2,1-2H3,(H,28,32)/t25-/m0/s1. The number of aromatic hydroxyl groups is 1. The molecule has 0 radical (unpaired) electrons. The molecule has 0 saturated carbocycles. The van der Waals surface area contributed by atoms with E-state index in [1.165, 1.54) is 20.1 Å². The van der Waals surface area contributed by atoms with E-state index in [4.69, 9.17) is 4.74 Å². The first kappa shape index (κ1) is 22.1. The van der Waals surface area contributed by atoms with Gasteiger partial charge >= 0.3 is 6.03 Å². The highest BCUT2D eigenvalue weighted by molar-refractivity contribution is 6.07. The number of nitrogens with one attached hydrogen (secondary N) is 1. The van der Waals surface area contributed by atoms with Crippen molar-refractivity contribution in [2.45, 2.75) is 19.4 Å². The van der Waals surface area contributed by atoms with Gasteiger partial charge in [0.2, 0.25) is 0 Å². The van der Waals surface area contributed by atoms with Gasteiger partial charge in [0, 0.05) is 12.1 Å². The maximum atomic E-state index is 13.3. The number of ketones is 1. The number of hydrogen-bond donors (Lipinski definition) is 2. The third-order valence-corrected chi connectivity index (χ3v) is 5.76. The number of methoxy groups -OCH3 is 1. The van der Waals surface area contributed by atoms with Crippen LogP contribution in [0.4, 0.5) is 4.79 Å². The molecule has 0 aromatic heterocycles. The lowest BCUT2D eigenvalue weighted by Crippen LogP contribution is -2.48. The summed E-state index contributed by atoms with van der Waals surface area (Å²) in [5.74, 6) is 0.112. The highest BCUT2D eigenvalue weighted by Gasteiger charge is 2.36. The molecule has 1 heterocycles. The molecule has 0 bridgehead atoms. The Balaban J connectivity index is 1.83. The molecule has 1 atom stereocenters. The number of carbonyl (C=O) groups is 2. The normalized spacial score (nSPS) is 15.9. The third kappa shape index (κ3) is 4.60. The number of amides is 2. The van der Waals surface area contributed by atoms with Gasteiger partial charge in [-0.05, 0) is 42.2 Å². The van der Waals surface area contributed by atoms with Crippen LogP contribution in [0.15, 0.2) is 84.4 Å². The molecule has 0 aliphatic carbocycles. The van der Waals surface area contributed by atoms with Crippen molar-refractivity contribution >= 4 is 17.5 Å². The van der Waals surface area contributed by atoms with Crippen molar-refractivity contribution in [1.29, 1.82) is 0 Å². The Labute approximate surface area is 193 Å². The second kappa shape index (κ2) is 9.61. The van der Waals surface area contributed by atoms with E-state index in [-0.39, 0.29) is 17.6 Å². The molecule has 0 fully saturated rings. The van der Waals surface area contributed by atoms with Crippen LogP contribution in [-0.4, -0.2) is 35.5 Å². The first-order valence-electron chi connectivity index (χ1n) is 10.8. The molecule has 33 heavy (non-hydrogen) atoms. The number of urea groups is 1. The van der Waals surface area contributed by atoms with Gasteiger partial charge in [-0.1, -0.05) is 66.7 Å². The zero-order valence-corrected chi connectivity index (χ0v) is 18.6. The lowest BCUT2D eigenvalue weighted by Gasteiger charge is -2.37. The topological polar surface area (TPSA) is 78.9 Å². The van der Waals surface area contributed by atoms with Crippen molar-refractivity contribution < 1.29 is 19.4 Å². The van der Waals surface area contributed by atoms with Crippen LogP contribution in [0.25, 0.3) is 5.70 Å². The van der Waals surface area contributed by atoms with Crippen LogP contribution >= 0.6 is 0 Å². The van der Waals surface area contributed by atoms with Gasteiger partial charge < -0.3 is 15.2 Å². The third-order valence-electron chi connectivity index (χ3n) is 5.76. The summed E-state index contributed by atoms with van der Waals surface area (Å²) in [5, 5.41) is 13.3. The molecule has 2 amide bonds. The molecule has 0 spiro atoms. The maximum absolute atomic E-state index is 13.3. The molecular weight excluding hydrogens is 416 g/mol. The number of Topliss-reactive ketones (excluding diaryl/α,β-unsaturated/α-hetero) is 1. The fraction of sp³-hybridized carbons (Fsp3) is 0.185. The van der Waals surface area contributed by atoms with Crippen LogP contribution in [0.2, 0.25) is 0 Å². The molecule has 2 N–H and O–H groups in total. The summed E-state index contributed by atoms with van der Waals surface area (Å²) < 4.78 is 5.14. The number of carbonyl (C=O) groups excluding carboxylic acids is 2. The number of benzene rings is 3. The minimum atomic E-state index is -0.699. The minimum absolute atomic E-state index is 0.0556. The Bertz CT molecular complexity index is 1190. The highest BCUT2D eigenvalue weighted by Crippen LogP contribution is 2.38. The highest BCUT2D eigenvalue weighted by atomic mass is 16.5. The first-order chi connectivity index (χ1) is 16.0. The summed E-state index contributed by atoms with van der Waals surface area (Å²) >= 11 is 0. The Morgan fingerprint density at radius 3 is 2.30 bits per heavy atom. The largest absolute Gasteiger partial charge is 0.504 e. The molecule has 3 aromatic carbocycles. The van der Waals surface area contributed by atoms with Crippen LogP contribution in [-0.2, 0) is 11.2 Å². The van der Waals surface area contributed by atoms with Crippen LogP contribution in [0, 0.1) is 0 Å². The zero-order valence-electron chi connectivity index (χ0n) is 18.6. The summed E-state index contributed by atoms with van der Waals surface area (Å²) in [7, 11) is 1.47. The second-order valence-electron chi connectivity index (χ2n) is 7.89. The van der Waals surface area contributed by atoms with Crippen molar-refractivity contribution in [1.82, 2.24) is 10.2 Å². The molecular formula is C27H26N2O4. The molecule has 0 saturated heterocycles. The van der Waals surface area contributed by atoms with E-state index in [1.54, 1.807) is 17.0 Å². The van der Waals surface area contributed by atoms with E-state index in [2.05, 4.69) is 5.32 Å². The van der Waals surface area contributed by atoms with Gasteiger partial charge in [-0.25, -0.2) is 4.79 Å². The second-order valence-corrected chi connectivity index (χ2v) is 7.89. The lowest BCUT2D eigenvalue weighted by atomic mass is 9.89. The van der Waals surface area contributed by atoms with Crippen molar-refractivity contribution in [3.63, 3.8) is 0 Å². The van der Waals surface area contributed by atoms with Crippen LogP contribution in [0.3, 0.4) is 0 Å². The average molecular weight is 443 g/mol. The Kier molecular flexibility index (Phi) is 6.45. The van der Waals surface area contributed by atoms with E-state index >= 15 is 0 Å². The average Bonchev–Trinajstić information content (AvgIpc) is 2.83. The molecule has 0 unspecified atom stereocenters. The molecule has 1 aliphatic heterocycles. The van der Waals surface area contributed by atoms with Crippen molar-refractivity contribution in [2.75, 3.05) is 13.7 Å². The number of rotatable bonds is 7. The zero-order chi connectivity index (χ0) is 23.4. The SMILES string of the molecule is COc1ccc([C@@H]2NC(=O)N(CCc3ccccc3)C(c3ccccc3)=C2C(C)=O)cc1O. The van der Waals surface area contributed by atoms with E-state index in [0.717, 1.165) is 11.1 Å². The minimum Gasteiger partial charge on any atom is -0.504 e. The summed E-state index contributed by atoms with van der Waals surface area (Å²) in [6.45, 7) is 1.92. The molecule has 168 valence electrons. The number of phenols is 1. The Morgan fingerprint density at radius 1 is 1.03 bits per heavy atom. The van der Waals surface area contributed by atoms with E-state index in [0.29, 0.717) is 35.5 Å².